The Hall–Kier alpha value is -3.54. The van der Waals surface area contributed by atoms with E-state index in [-0.39, 0.29) is 11.8 Å². The lowest BCUT2D eigenvalue weighted by Gasteiger charge is -2.24. The summed E-state index contributed by atoms with van der Waals surface area (Å²) in [7, 11) is 0. The van der Waals surface area contributed by atoms with Crippen LogP contribution in [0.25, 0.3) is 0 Å². The van der Waals surface area contributed by atoms with Gasteiger partial charge in [0.2, 0.25) is 0 Å². The summed E-state index contributed by atoms with van der Waals surface area (Å²) in [5.41, 5.74) is 3.63. The minimum Gasteiger partial charge on any atom is -0.467 e. The summed E-state index contributed by atoms with van der Waals surface area (Å²) < 4.78 is 5.64. The average molecular weight is 403 g/mol. The molecule has 0 aliphatic carbocycles. The van der Waals surface area contributed by atoms with Crippen molar-refractivity contribution >= 4 is 17.5 Å². The molecule has 0 radical (unpaired) electrons. The lowest BCUT2D eigenvalue weighted by atomic mass is 10.1. The zero-order chi connectivity index (χ0) is 20.9. The first-order valence-corrected chi connectivity index (χ1v) is 10.2. The molecule has 2 aromatic carbocycles. The van der Waals surface area contributed by atoms with Gasteiger partial charge in [-0.25, -0.2) is 0 Å². The second kappa shape index (κ2) is 8.86. The Morgan fingerprint density at radius 1 is 0.967 bits per heavy atom. The van der Waals surface area contributed by atoms with Gasteiger partial charge in [-0.1, -0.05) is 36.4 Å². The quantitative estimate of drug-likeness (QED) is 0.593. The van der Waals surface area contributed by atoms with E-state index in [2.05, 4.69) is 40.7 Å². The van der Waals surface area contributed by atoms with Crippen molar-refractivity contribution in [2.24, 2.45) is 0 Å². The van der Waals surface area contributed by atoms with Crippen molar-refractivity contribution in [2.75, 3.05) is 18.0 Å². The fourth-order valence-corrected chi connectivity index (χ4v) is 3.83. The Labute approximate surface area is 175 Å². The van der Waals surface area contributed by atoms with E-state index in [0.29, 0.717) is 42.6 Å². The molecule has 6 heteroatoms. The normalized spacial score (nSPS) is 15.0. The number of carbonyl (C=O) groups excluding carboxylic acids is 2. The summed E-state index contributed by atoms with van der Waals surface area (Å²) in [4.78, 5) is 27.0. The predicted molar refractivity (Wildman–Crippen MR) is 116 cm³/mol. The van der Waals surface area contributed by atoms with Gasteiger partial charge in [-0.15, -0.1) is 0 Å². The topological polar surface area (TPSA) is 74.6 Å². The Bertz CT molecular complexity index is 1030. The molecular formula is C24H25N3O3. The number of furan rings is 1. The second-order valence-corrected chi connectivity index (χ2v) is 7.45. The van der Waals surface area contributed by atoms with Crippen molar-refractivity contribution < 1.29 is 14.0 Å². The van der Waals surface area contributed by atoms with Crippen LogP contribution >= 0.6 is 0 Å². The van der Waals surface area contributed by atoms with Gasteiger partial charge in [-0.05, 0) is 43.2 Å². The molecular weight excluding hydrogens is 378 g/mol. The van der Waals surface area contributed by atoms with E-state index in [1.807, 2.05) is 24.3 Å². The number of anilines is 1. The van der Waals surface area contributed by atoms with Crippen LogP contribution in [0.1, 0.15) is 39.0 Å². The fraction of sp³-hybridized carbons (Fsp3) is 0.250. The molecule has 1 atom stereocenters. The monoisotopic (exact) mass is 403 g/mol. The number of nitrogens with one attached hydrogen (secondary N) is 2. The summed E-state index contributed by atoms with van der Waals surface area (Å²) in [5.74, 6) is 0.285. The van der Waals surface area contributed by atoms with Gasteiger partial charge in [0.1, 0.15) is 5.76 Å². The Morgan fingerprint density at radius 2 is 1.67 bits per heavy atom. The number of hydrogen-bond acceptors (Lipinski definition) is 4. The van der Waals surface area contributed by atoms with Gasteiger partial charge in [-0.3, -0.25) is 9.59 Å². The van der Waals surface area contributed by atoms with Gasteiger partial charge >= 0.3 is 0 Å². The van der Waals surface area contributed by atoms with Crippen molar-refractivity contribution in [3.8, 4) is 0 Å². The Balaban J connectivity index is 1.32. The van der Waals surface area contributed by atoms with Crippen LogP contribution in [-0.4, -0.2) is 30.9 Å². The summed E-state index contributed by atoms with van der Waals surface area (Å²) >= 11 is 0. The molecule has 154 valence electrons. The summed E-state index contributed by atoms with van der Waals surface area (Å²) in [6.07, 6.45) is 2.54. The SMILES string of the molecule is CC1Cc2ccccc2N1Cc1occc1C(=O)NCCNC(=O)c1ccccc1. The number of amides is 2. The summed E-state index contributed by atoms with van der Waals surface area (Å²) in [6, 6.07) is 19.4. The third-order valence-electron chi connectivity index (χ3n) is 5.38. The van der Waals surface area contributed by atoms with Crippen molar-refractivity contribution in [1.82, 2.24) is 10.6 Å². The van der Waals surface area contributed by atoms with E-state index in [1.54, 1.807) is 24.5 Å². The maximum Gasteiger partial charge on any atom is 0.254 e. The highest BCUT2D eigenvalue weighted by molar-refractivity contribution is 5.95. The van der Waals surface area contributed by atoms with E-state index >= 15 is 0 Å². The standard InChI is InChI=1S/C24H25N3O3/c1-17-15-19-9-5-6-10-21(19)27(17)16-22-20(11-14-30-22)24(29)26-13-12-25-23(28)18-7-3-2-4-8-18/h2-11,14,17H,12-13,15-16H2,1H3,(H,25,28)(H,26,29). The van der Waals surface area contributed by atoms with Gasteiger partial charge in [0.15, 0.2) is 0 Å². The minimum atomic E-state index is -0.201. The van der Waals surface area contributed by atoms with Gasteiger partial charge in [0.05, 0.1) is 18.4 Å². The van der Waals surface area contributed by atoms with Gasteiger partial charge in [0, 0.05) is 30.4 Å². The fourth-order valence-electron chi connectivity index (χ4n) is 3.83. The largest absolute Gasteiger partial charge is 0.467 e. The van der Waals surface area contributed by atoms with Crippen molar-refractivity contribution in [3.63, 3.8) is 0 Å². The number of nitrogens with zero attached hydrogens (tertiary/aromatic N) is 1. The van der Waals surface area contributed by atoms with Crippen LogP contribution in [0.15, 0.2) is 71.3 Å². The predicted octanol–water partition coefficient (Wildman–Crippen LogP) is 3.39. The van der Waals surface area contributed by atoms with Crippen LogP contribution in [0.3, 0.4) is 0 Å². The van der Waals surface area contributed by atoms with E-state index in [1.165, 1.54) is 11.3 Å². The zero-order valence-corrected chi connectivity index (χ0v) is 16.9. The smallest absolute Gasteiger partial charge is 0.254 e. The zero-order valence-electron chi connectivity index (χ0n) is 16.9. The van der Waals surface area contributed by atoms with E-state index in [0.717, 1.165) is 6.42 Å². The molecule has 3 aromatic rings. The Morgan fingerprint density at radius 3 is 2.47 bits per heavy atom. The number of carbonyl (C=O) groups is 2. The highest BCUT2D eigenvalue weighted by Gasteiger charge is 2.27. The van der Waals surface area contributed by atoms with Crippen molar-refractivity contribution in [3.05, 3.63) is 89.4 Å². The molecule has 1 aliphatic rings. The molecule has 0 saturated carbocycles. The molecule has 30 heavy (non-hydrogen) atoms. The van der Waals surface area contributed by atoms with Crippen molar-refractivity contribution in [2.45, 2.75) is 25.9 Å². The van der Waals surface area contributed by atoms with Gasteiger partial charge < -0.3 is 20.0 Å². The van der Waals surface area contributed by atoms with Crippen LogP contribution in [-0.2, 0) is 13.0 Å². The third kappa shape index (κ3) is 4.22. The van der Waals surface area contributed by atoms with Crippen LogP contribution in [0, 0.1) is 0 Å². The van der Waals surface area contributed by atoms with Crippen LogP contribution < -0.4 is 15.5 Å². The van der Waals surface area contributed by atoms with E-state index < -0.39 is 0 Å². The molecule has 2 heterocycles. The van der Waals surface area contributed by atoms with E-state index in [9.17, 15) is 9.59 Å². The molecule has 0 spiro atoms. The highest BCUT2D eigenvalue weighted by Crippen LogP contribution is 2.33. The average Bonchev–Trinajstić information content (AvgIpc) is 3.36. The first-order chi connectivity index (χ1) is 14.6. The lowest BCUT2D eigenvalue weighted by molar-refractivity contribution is 0.0926. The first-order valence-electron chi connectivity index (χ1n) is 10.2. The maximum atomic E-state index is 12.6. The molecule has 2 N–H and O–H groups in total. The molecule has 6 nitrogen and oxygen atoms in total. The lowest BCUT2D eigenvalue weighted by Crippen LogP contribution is -2.35. The third-order valence-corrected chi connectivity index (χ3v) is 5.38. The number of fused-ring (bicyclic) bond motifs is 1. The number of rotatable bonds is 7. The van der Waals surface area contributed by atoms with Crippen LogP contribution in [0.4, 0.5) is 5.69 Å². The first kappa shape index (κ1) is 19.8. The highest BCUT2D eigenvalue weighted by atomic mass is 16.3. The number of para-hydroxylation sites is 1. The minimum absolute atomic E-state index is 0.157. The second-order valence-electron chi connectivity index (χ2n) is 7.45. The maximum absolute atomic E-state index is 12.6. The molecule has 0 fully saturated rings. The van der Waals surface area contributed by atoms with Crippen LogP contribution in [0.5, 0.6) is 0 Å². The molecule has 4 rings (SSSR count). The molecule has 2 amide bonds. The molecule has 1 aromatic heterocycles. The molecule has 0 bridgehead atoms. The van der Waals surface area contributed by atoms with Crippen molar-refractivity contribution in [1.29, 1.82) is 0 Å². The van der Waals surface area contributed by atoms with Gasteiger partial charge in [-0.2, -0.15) is 0 Å². The molecule has 1 unspecified atom stereocenters. The van der Waals surface area contributed by atoms with Gasteiger partial charge in [0.25, 0.3) is 11.8 Å². The van der Waals surface area contributed by atoms with Crippen LogP contribution in [0.2, 0.25) is 0 Å². The summed E-state index contributed by atoms with van der Waals surface area (Å²) in [6.45, 7) is 3.41. The van der Waals surface area contributed by atoms with E-state index in [4.69, 9.17) is 4.42 Å². The number of hydrogen-bond donors (Lipinski definition) is 2. The summed E-state index contributed by atoms with van der Waals surface area (Å²) in [5, 5.41) is 5.66. The Kier molecular flexibility index (Phi) is 5.84. The number of benzene rings is 2. The molecule has 0 saturated heterocycles. The molecule has 1 aliphatic heterocycles.